The fourth-order valence-electron chi connectivity index (χ4n) is 2.80. The first-order valence-corrected chi connectivity index (χ1v) is 8.31. The number of aromatic nitrogens is 2. The number of aryl methyl sites for hydroxylation is 1. The summed E-state index contributed by atoms with van der Waals surface area (Å²) in [5.41, 5.74) is 3.37. The maximum absolute atomic E-state index is 11.9. The smallest absolute Gasteiger partial charge is 0.164 e. The van der Waals surface area contributed by atoms with Gasteiger partial charge in [-0.25, -0.2) is 9.97 Å². The Morgan fingerprint density at radius 2 is 2.04 bits per heavy atom. The van der Waals surface area contributed by atoms with E-state index in [1.54, 1.807) is 18.3 Å². The first kappa shape index (κ1) is 14.1. The Morgan fingerprint density at radius 1 is 1.13 bits per heavy atom. The van der Waals surface area contributed by atoms with Crippen LogP contribution in [-0.2, 0) is 6.42 Å². The molecule has 1 N–H and O–H groups in total. The van der Waals surface area contributed by atoms with Crippen LogP contribution in [0.5, 0.6) is 5.75 Å². The van der Waals surface area contributed by atoms with E-state index in [1.165, 1.54) is 11.3 Å². The molecule has 1 aliphatic rings. The van der Waals surface area contributed by atoms with Gasteiger partial charge >= 0.3 is 0 Å². The number of carbonyl (C=O) groups is 1. The number of fused-ring (bicyclic) bond motifs is 1. The molecule has 3 aromatic rings. The lowest BCUT2D eigenvalue weighted by Gasteiger charge is -2.13. The zero-order valence-electron chi connectivity index (χ0n) is 12.3. The van der Waals surface area contributed by atoms with E-state index in [0.717, 1.165) is 45.2 Å². The lowest BCUT2D eigenvalue weighted by molar-refractivity contribution is 0.0971. The summed E-state index contributed by atoms with van der Waals surface area (Å²) >= 11 is 1.53. The summed E-state index contributed by atoms with van der Waals surface area (Å²) in [5.74, 6) is 0.424. The Labute approximate surface area is 137 Å². The highest BCUT2D eigenvalue weighted by Gasteiger charge is 2.19. The van der Waals surface area contributed by atoms with Gasteiger partial charge in [0.1, 0.15) is 10.8 Å². The Hall–Kier alpha value is -2.53. The van der Waals surface area contributed by atoms with Gasteiger partial charge in [-0.1, -0.05) is 12.1 Å². The second kappa shape index (κ2) is 5.59. The molecular weight excluding hydrogens is 308 g/mol. The molecule has 4 nitrogen and oxygen atoms in total. The molecule has 0 atom stereocenters. The third-order valence-electron chi connectivity index (χ3n) is 3.95. The van der Waals surface area contributed by atoms with E-state index in [9.17, 15) is 9.90 Å². The lowest BCUT2D eigenvalue weighted by Crippen LogP contribution is -2.12. The molecule has 5 heteroatoms. The number of benzene rings is 1. The van der Waals surface area contributed by atoms with Crippen LogP contribution in [0.1, 0.15) is 28.9 Å². The topological polar surface area (TPSA) is 63.1 Å². The van der Waals surface area contributed by atoms with Gasteiger partial charge < -0.3 is 5.11 Å². The summed E-state index contributed by atoms with van der Waals surface area (Å²) in [4.78, 5) is 21.9. The van der Waals surface area contributed by atoms with Crippen molar-refractivity contribution in [2.24, 2.45) is 0 Å². The molecule has 0 saturated heterocycles. The van der Waals surface area contributed by atoms with Gasteiger partial charge in [0, 0.05) is 18.2 Å². The molecular formula is C18H14N2O2S. The standard InChI is InChI=1S/C18H14N2O2S/c21-12-4-1-3-11(9-12)17-10-19-18(23-17)15-8-7-13-14(20-15)5-2-6-16(13)22/h1,3-4,7-10,21H,2,5-6H2. The summed E-state index contributed by atoms with van der Waals surface area (Å²) < 4.78 is 0. The van der Waals surface area contributed by atoms with Crippen LogP contribution >= 0.6 is 11.3 Å². The summed E-state index contributed by atoms with van der Waals surface area (Å²) in [5, 5.41) is 10.4. The van der Waals surface area contributed by atoms with Crippen LogP contribution in [0.25, 0.3) is 21.1 Å². The zero-order valence-corrected chi connectivity index (χ0v) is 13.1. The highest BCUT2D eigenvalue weighted by molar-refractivity contribution is 7.18. The second-order valence-corrected chi connectivity index (χ2v) is 6.58. The van der Waals surface area contributed by atoms with Crippen molar-refractivity contribution in [3.8, 4) is 26.9 Å². The van der Waals surface area contributed by atoms with Crippen molar-refractivity contribution in [3.05, 3.63) is 53.9 Å². The Kier molecular flexibility index (Phi) is 3.42. The Morgan fingerprint density at radius 3 is 2.91 bits per heavy atom. The van der Waals surface area contributed by atoms with E-state index >= 15 is 0 Å². The number of phenolic OH excluding ortho intramolecular Hbond substituents is 1. The first-order chi connectivity index (χ1) is 11.2. The third-order valence-corrected chi connectivity index (χ3v) is 5.02. The van der Waals surface area contributed by atoms with Crippen LogP contribution < -0.4 is 0 Å². The number of thiazole rings is 1. The average Bonchev–Trinajstić information content (AvgIpc) is 3.05. The number of ketones is 1. The third kappa shape index (κ3) is 2.64. The van der Waals surface area contributed by atoms with Crippen LogP contribution in [0, 0.1) is 0 Å². The van der Waals surface area contributed by atoms with E-state index in [0.29, 0.717) is 6.42 Å². The summed E-state index contributed by atoms with van der Waals surface area (Å²) in [6.07, 6.45) is 4.13. The van der Waals surface area contributed by atoms with Crippen molar-refractivity contribution in [1.82, 2.24) is 9.97 Å². The molecule has 0 saturated carbocycles. The molecule has 0 amide bonds. The van der Waals surface area contributed by atoms with E-state index < -0.39 is 0 Å². The highest BCUT2D eigenvalue weighted by atomic mass is 32.1. The number of hydrogen-bond acceptors (Lipinski definition) is 5. The zero-order chi connectivity index (χ0) is 15.8. The predicted molar refractivity (Wildman–Crippen MR) is 89.7 cm³/mol. The lowest BCUT2D eigenvalue weighted by atomic mass is 9.94. The molecule has 0 radical (unpaired) electrons. The number of carbonyl (C=O) groups excluding carboxylic acids is 1. The van der Waals surface area contributed by atoms with Crippen molar-refractivity contribution in [1.29, 1.82) is 0 Å². The SMILES string of the molecule is O=C1CCCc2nc(-c3ncc(-c4cccc(O)c4)s3)ccc21. The molecule has 0 bridgehead atoms. The molecule has 0 unspecified atom stereocenters. The molecule has 1 aromatic carbocycles. The number of nitrogens with zero attached hydrogens (tertiary/aromatic N) is 2. The van der Waals surface area contributed by atoms with Crippen molar-refractivity contribution < 1.29 is 9.90 Å². The van der Waals surface area contributed by atoms with Gasteiger partial charge in [0.05, 0.1) is 16.3 Å². The fourth-order valence-corrected chi connectivity index (χ4v) is 3.68. The molecule has 2 heterocycles. The van der Waals surface area contributed by atoms with Crippen molar-refractivity contribution in [2.45, 2.75) is 19.3 Å². The minimum absolute atomic E-state index is 0.185. The number of pyridine rings is 1. The summed E-state index contributed by atoms with van der Waals surface area (Å²) in [7, 11) is 0. The van der Waals surface area contributed by atoms with Crippen molar-refractivity contribution in [3.63, 3.8) is 0 Å². The van der Waals surface area contributed by atoms with Gasteiger partial charge in [-0.3, -0.25) is 4.79 Å². The highest BCUT2D eigenvalue weighted by Crippen LogP contribution is 2.33. The molecule has 1 aliphatic carbocycles. The van der Waals surface area contributed by atoms with Gasteiger partial charge in [-0.15, -0.1) is 11.3 Å². The normalized spacial score (nSPS) is 13.8. The first-order valence-electron chi connectivity index (χ1n) is 7.49. The van der Waals surface area contributed by atoms with E-state index in [4.69, 9.17) is 0 Å². The minimum Gasteiger partial charge on any atom is -0.508 e. The van der Waals surface area contributed by atoms with Gasteiger partial charge in [0.25, 0.3) is 0 Å². The maximum Gasteiger partial charge on any atom is 0.164 e. The molecule has 0 spiro atoms. The molecule has 0 aliphatic heterocycles. The van der Waals surface area contributed by atoms with Crippen LogP contribution in [-0.4, -0.2) is 20.9 Å². The molecule has 114 valence electrons. The van der Waals surface area contributed by atoms with Gasteiger partial charge in [-0.2, -0.15) is 0 Å². The minimum atomic E-state index is 0.185. The van der Waals surface area contributed by atoms with Crippen LogP contribution in [0.15, 0.2) is 42.6 Å². The quantitative estimate of drug-likeness (QED) is 0.771. The van der Waals surface area contributed by atoms with Gasteiger partial charge in [0.2, 0.25) is 0 Å². The fraction of sp³-hybridized carbons (Fsp3) is 0.167. The second-order valence-electron chi connectivity index (χ2n) is 5.55. The number of phenols is 1. The van der Waals surface area contributed by atoms with Crippen molar-refractivity contribution >= 4 is 17.1 Å². The predicted octanol–water partition coefficient (Wildman–Crippen LogP) is 4.10. The van der Waals surface area contributed by atoms with E-state index in [2.05, 4.69) is 9.97 Å². The monoisotopic (exact) mass is 322 g/mol. The molecule has 23 heavy (non-hydrogen) atoms. The number of hydrogen-bond donors (Lipinski definition) is 1. The Bertz CT molecular complexity index is 902. The van der Waals surface area contributed by atoms with Gasteiger partial charge in [-0.05, 0) is 42.7 Å². The van der Waals surface area contributed by atoms with Crippen LogP contribution in [0.3, 0.4) is 0 Å². The number of Topliss-reactive ketones (excluding diaryl/α,β-unsaturated/α-hetero) is 1. The summed E-state index contributed by atoms with van der Waals surface area (Å²) in [6.45, 7) is 0. The van der Waals surface area contributed by atoms with Crippen LogP contribution in [0.2, 0.25) is 0 Å². The van der Waals surface area contributed by atoms with E-state index in [1.807, 2.05) is 24.3 Å². The number of rotatable bonds is 2. The molecule has 4 rings (SSSR count). The molecule has 0 fully saturated rings. The largest absolute Gasteiger partial charge is 0.508 e. The van der Waals surface area contributed by atoms with Crippen molar-refractivity contribution in [2.75, 3.05) is 0 Å². The molecule has 2 aromatic heterocycles. The average molecular weight is 322 g/mol. The number of aromatic hydroxyl groups is 1. The van der Waals surface area contributed by atoms with Gasteiger partial charge in [0.15, 0.2) is 5.78 Å². The summed E-state index contributed by atoms with van der Waals surface area (Å²) in [6, 6.07) is 10.9. The van der Waals surface area contributed by atoms with E-state index in [-0.39, 0.29) is 11.5 Å². The maximum atomic E-state index is 11.9. The van der Waals surface area contributed by atoms with Crippen LogP contribution in [0.4, 0.5) is 0 Å². The Balaban J connectivity index is 1.71.